The van der Waals surface area contributed by atoms with Crippen molar-refractivity contribution < 1.29 is 10.2 Å². The molecule has 3 nitrogen and oxygen atoms in total. The fraction of sp³-hybridized carbons (Fsp3) is 0.294. The molecule has 4 heteroatoms. The maximum Gasteiger partial charge on any atom is 0.120 e. The van der Waals surface area contributed by atoms with Crippen LogP contribution in [0, 0.1) is 0 Å². The van der Waals surface area contributed by atoms with Gasteiger partial charge in [0.05, 0.1) is 0 Å². The molecule has 2 unspecified atom stereocenters. The highest BCUT2D eigenvalue weighted by molar-refractivity contribution is 6.30. The molecule has 0 aliphatic rings. The second kappa shape index (κ2) is 6.83. The Hall–Kier alpha value is -1.71. The summed E-state index contributed by atoms with van der Waals surface area (Å²) in [6.07, 6.45) is 0.908. The van der Waals surface area contributed by atoms with E-state index in [0.29, 0.717) is 10.6 Å². The number of hydrogen-bond acceptors (Lipinski definition) is 3. The molecule has 0 aliphatic carbocycles. The number of phenols is 2. The Morgan fingerprint density at radius 1 is 1.10 bits per heavy atom. The van der Waals surface area contributed by atoms with Gasteiger partial charge < -0.3 is 15.5 Å². The van der Waals surface area contributed by atoms with E-state index in [9.17, 15) is 10.2 Å². The smallest absolute Gasteiger partial charge is 0.120 e. The molecule has 0 saturated carbocycles. The summed E-state index contributed by atoms with van der Waals surface area (Å²) in [5, 5.41) is 23.7. The number of rotatable bonds is 5. The molecule has 0 bridgehead atoms. The lowest BCUT2D eigenvalue weighted by molar-refractivity contribution is 0.417. The molecule has 0 aromatic heterocycles. The molecule has 0 radical (unpaired) electrons. The average molecular weight is 306 g/mol. The lowest BCUT2D eigenvalue weighted by Gasteiger charge is -2.23. The van der Waals surface area contributed by atoms with E-state index in [0.717, 1.165) is 12.0 Å². The van der Waals surface area contributed by atoms with Crippen LogP contribution in [-0.4, -0.2) is 10.2 Å². The second-order valence-electron chi connectivity index (χ2n) is 5.14. The zero-order chi connectivity index (χ0) is 15.4. The maximum absolute atomic E-state index is 9.93. The first-order valence-corrected chi connectivity index (χ1v) is 7.42. The van der Waals surface area contributed by atoms with E-state index in [1.54, 1.807) is 6.07 Å². The van der Waals surface area contributed by atoms with Crippen LogP contribution >= 0.6 is 11.6 Å². The molecule has 2 aromatic carbocycles. The molecule has 112 valence electrons. The molecule has 0 amide bonds. The summed E-state index contributed by atoms with van der Waals surface area (Å²) in [7, 11) is 0. The number of hydrogen-bond donors (Lipinski definition) is 3. The van der Waals surface area contributed by atoms with Crippen LogP contribution in [0.5, 0.6) is 11.5 Å². The molecule has 0 fully saturated rings. The molecule has 2 rings (SSSR count). The van der Waals surface area contributed by atoms with Crippen LogP contribution in [0.3, 0.4) is 0 Å². The van der Waals surface area contributed by atoms with E-state index < -0.39 is 0 Å². The highest BCUT2D eigenvalue weighted by Crippen LogP contribution is 2.30. The molecular weight excluding hydrogens is 286 g/mol. The van der Waals surface area contributed by atoms with Crippen LogP contribution < -0.4 is 5.32 Å². The Kier molecular flexibility index (Phi) is 5.10. The van der Waals surface area contributed by atoms with E-state index in [1.807, 2.05) is 31.2 Å². The zero-order valence-electron chi connectivity index (χ0n) is 12.2. The van der Waals surface area contributed by atoms with Gasteiger partial charge in [0.15, 0.2) is 0 Å². The van der Waals surface area contributed by atoms with Gasteiger partial charge in [-0.2, -0.15) is 0 Å². The fourth-order valence-corrected chi connectivity index (χ4v) is 2.55. The van der Waals surface area contributed by atoms with Crippen LogP contribution in [0.2, 0.25) is 5.02 Å². The highest BCUT2D eigenvalue weighted by Gasteiger charge is 2.16. The van der Waals surface area contributed by atoms with Gasteiger partial charge in [-0.3, -0.25) is 0 Å². The first-order valence-electron chi connectivity index (χ1n) is 7.04. The van der Waals surface area contributed by atoms with Crippen molar-refractivity contribution in [2.75, 3.05) is 0 Å². The third-order valence-corrected chi connectivity index (χ3v) is 3.86. The highest BCUT2D eigenvalue weighted by atomic mass is 35.5. The lowest BCUT2D eigenvalue weighted by atomic mass is 10.0. The van der Waals surface area contributed by atoms with E-state index in [2.05, 4.69) is 12.2 Å². The van der Waals surface area contributed by atoms with Crippen molar-refractivity contribution in [3.8, 4) is 11.5 Å². The van der Waals surface area contributed by atoms with Gasteiger partial charge in [-0.25, -0.2) is 0 Å². The van der Waals surface area contributed by atoms with Gasteiger partial charge >= 0.3 is 0 Å². The van der Waals surface area contributed by atoms with Crippen molar-refractivity contribution in [2.24, 2.45) is 0 Å². The zero-order valence-corrected chi connectivity index (χ0v) is 12.9. The van der Waals surface area contributed by atoms with E-state index in [4.69, 9.17) is 11.6 Å². The summed E-state index contributed by atoms with van der Waals surface area (Å²) < 4.78 is 0. The van der Waals surface area contributed by atoms with E-state index in [1.165, 1.54) is 12.1 Å². The van der Waals surface area contributed by atoms with Gasteiger partial charge in [-0.15, -0.1) is 0 Å². The largest absolute Gasteiger partial charge is 0.508 e. The topological polar surface area (TPSA) is 52.5 Å². The Bertz CT molecular complexity index is 598. The number of benzene rings is 2. The van der Waals surface area contributed by atoms with Crippen LogP contribution in [0.15, 0.2) is 42.5 Å². The minimum atomic E-state index is -0.0854. The number of aromatic hydroxyl groups is 2. The quantitative estimate of drug-likeness (QED) is 0.710. The third-order valence-electron chi connectivity index (χ3n) is 3.61. The summed E-state index contributed by atoms with van der Waals surface area (Å²) in [4.78, 5) is 0. The molecule has 0 heterocycles. The third kappa shape index (κ3) is 3.90. The summed E-state index contributed by atoms with van der Waals surface area (Å²) >= 11 is 5.92. The molecule has 3 N–H and O–H groups in total. The monoisotopic (exact) mass is 305 g/mol. The van der Waals surface area contributed by atoms with Crippen molar-refractivity contribution >= 4 is 11.6 Å². The van der Waals surface area contributed by atoms with Gasteiger partial charge in [-0.05, 0) is 49.2 Å². The molecule has 2 atom stereocenters. The second-order valence-corrected chi connectivity index (χ2v) is 5.58. The minimum Gasteiger partial charge on any atom is -0.508 e. The van der Waals surface area contributed by atoms with Crippen LogP contribution in [0.1, 0.15) is 43.5 Å². The Balaban J connectivity index is 2.17. The summed E-state index contributed by atoms with van der Waals surface area (Å²) in [6, 6.07) is 12.4. The predicted octanol–water partition coefficient (Wildman–Crippen LogP) is 4.55. The van der Waals surface area contributed by atoms with Crippen molar-refractivity contribution in [2.45, 2.75) is 32.4 Å². The van der Waals surface area contributed by atoms with Crippen LogP contribution in [0.25, 0.3) is 0 Å². The van der Waals surface area contributed by atoms with E-state index in [-0.39, 0.29) is 23.6 Å². The van der Waals surface area contributed by atoms with Gasteiger partial charge in [0, 0.05) is 22.7 Å². The molecule has 0 aliphatic heterocycles. The number of nitrogens with one attached hydrogen (secondary N) is 1. The van der Waals surface area contributed by atoms with Crippen molar-refractivity contribution in [1.29, 1.82) is 0 Å². The van der Waals surface area contributed by atoms with Gasteiger partial charge in [0.2, 0.25) is 0 Å². The SMILES string of the molecule is CCC(NC(C)c1cc(O)ccc1O)c1ccc(Cl)cc1. The standard InChI is InChI=1S/C17H20ClNO2/c1-3-16(12-4-6-13(18)7-5-12)19-11(2)15-10-14(20)8-9-17(15)21/h4-11,16,19-21H,3H2,1-2H3. The molecule has 2 aromatic rings. The first-order chi connectivity index (χ1) is 10.0. The normalized spacial score (nSPS) is 13.9. The van der Waals surface area contributed by atoms with Crippen molar-refractivity contribution in [3.63, 3.8) is 0 Å². The van der Waals surface area contributed by atoms with Gasteiger partial charge in [0.1, 0.15) is 11.5 Å². The minimum absolute atomic E-state index is 0.0854. The lowest BCUT2D eigenvalue weighted by Crippen LogP contribution is -2.24. The van der Waals surface area contributed by atoms with Crippen LogP contribution in [0.4, 0.5) is 0 Å². The Labute approximate surface area is 130 Å². The summed E-state index contributed by atoms with van der Waals surface area (Å²) in [5.41, 5.74) is 1.83. The number of phenolic OH excluding ortho intramolecular Hbond substituents is 2. The Morgan fingerprint density at radius 2 is 1.76 bits per heavy atom. The average Bonchev–Trinajstić information content (AvgIpc) is 2.48. The van der Waals surface area contributed by atoms with Gasteiger partial charge in [-0.1, -0.05) is 30.7 Å². The molecular formula is C17H20ClNO2. The van der Waals surface area contributed by atoms with E-state index >= 15 is 0 Å². The first kappa shape index (κ1) is 15.7. The summed E-state index contributed by atoms with van der Waals surface area (Å²) in [6.45, 7) is 4.06. The summed E-state index contributed by atoms with van der Waals surface area (Å²) in [5.74, 6) is 0.328. The number of halogens is 1. The van der Waals surface area contributed by atoms with Crippen LogP contribution in [-0.2, 0) is 0 Å². The van der Waals surface area contributed by atoms with Crippen molar-refractivity contribution in [1.82, 2.24) is 5.32 Å². The maximum atomic E-state index is 9.93. The fourth-order valence-electron chi connectivity index (χ4n) is 2.43. The Morgan fingerprint density at radius 3 is 2.38 bits per heavy atom. The molecule has 21 heavy (non-hydrogen) atoms. The van der Waals surface area contributed by atoms with Gasteiger partial charge in [0.25, 0.3) is 0 Å². The predicted molar refractivity (Wildman–Crippen MR) is 85.8 cm³/mol. The molecule has 0 saturated heterocycles. The van der Waals surface area contributed by atoms with Crippen molar-refractivity contribution in [3.05, 3.63) is 58.6 Å². The molecule has 0 spiro atoms.